The average molecular weight is 333 g/mol. The van der Waals surface area contributed by atoms with Crippen LogP contribution in [0.15, 0.2) is 66.7 Å². The second-order valence-electron chi connectivity index (χ2n) is 5.69. The molecule has 0 aliphatic rings. The predicted molar refractivity (Wildman–Crippen MR) is 98.4 cm³/mol. The summed E-state index contributed by atoms with van der Waals surface area (Å²) >= 11 is 0. The molecule has 25 heavy (non-hydrogen) atoms. The minimum absolute atomic E-state index is 0.0636. The van der Waals surface area contributed by atoms with E-state index in [1.165, 1.54) is 0 Å². The van der Waals surface area contributed by atoms with E-state index in [-0.39, 0.29) is 18.5 Å². The number of ether oxygens (including phenoxy) is 1. The summed E-state index contributed by atoms with van der Waals surface area (Å²) in [5.41, 5.74) is 2.09. The molecule has 0 saturated heterocycles. The van der Waals surface area contributed by atoms with E-state index in [4.69, 9.17) is 4.74 Å². The normalized spacial score (nSPS) is 10.4. The van der Waals surface area contributed by atoms with Gasteiger partial charge in [-0.25, -0.2) is 4.79 Å². The van der Waals surface area contributed by atoms with Gasteiger partial charge in [-0.15, -0.1) is 0 Å². The molecule has 1 amide bonds. The third kappa shape index (κ3) is 4.04. The molecule has 3 rings (SSSR count). The summed E-state index contributed by atoms with van der Waals surface area (Å²) < 4.78 is 5.44. The Balaban J connectivity index is 1.67. The number of nitrogens with one attached hydrogen (secondary N) is 1. The Morgan fingerprint density at radius 3 is 2.40 bits per heavy atom. The first kappa shape index (κ1) is 16.7. The van der Waals surface area contributed by atoms with Crippen LogP contribution < -0.4 is 5.32 Å². The fraction of sp³-hybridized carbons (Fsp3) is 0.143. The summed E-state index contributed by atoms with van der Waals surface area (Å²) in [6.45, 7) is 2.00. The number of carbonyl (C=O) groups excluding carboxylic acids is 2. The highest BCUT2D eigenvalue weighted by Gasteiger charge is 2.09. The second-order valence-corrected chi connectivity index (χ2v) is 5.69. The highest BCUT2D eigenvalue weighted by molar-refractivity contribution is 5.93. The molecular weight excluding hydrogens is 314 g/mol. The van der Waals surface area contributed by atoms with Gasteiger partial charge in [-0.05, 0) is 40.6 Å². The maximum atomic E-state index is 12.2. The van der Waals surface area contributed by atoms with Crippen LogP contribution in [0.3, 0.4) is 0 Å². The van der Waals surface area contributed by atoms with Crippen LogP contribution in [0.25, 0.3) is 10.8 Å². The van der Waals surface area contributed by atoms with E-state index < -0.39 is 0 Å². The van der Waals surface area contributed by atoms with Crippen molar-refractivity contribution in [3.8, 4) is 0 Å². The number of fused-ring (bicyclic) bond motifs is 1. The number of esters is 1. The Bertz CT molecular complexity index is 895. The SMILES string of the molecule is CCC(=O)Nc1ccc(C(=O)OCc2cccc3ccccc23)cc1. The Hall–Kier alpha value is -3.14. The number of rotatable bonds is 5. The van der Waals surface area contributed by atoms with Crippen molar-refractivity contribution in [3.05, 3.63) is 77.9 Å². The molecule has 0 spiro atoms. The lowest BCUT2D eigenvalue weighted by Gasteiger charge is -2.09. The molecule has 0 aromatic heterocycles. The van der Waals surface area contributed by atoms with Gasteiger partial charge in [-0.2, -0.15) is 0 Å². The summed E-state index contributed by atoms with van der Waals surface area (Å²) in [5, 5.41) is 4.94. The molecule has 0 fully saturated rings. The summed E-state index contributed by atoms with van der Waals surface area (Å²) in [5.74, 6) is -0.451. The van der Waals surface area contributed by atoms with Crippen LogP contribution in [0.4, 0.5) is 5.69 Å². The smallest absolute Gasteiger partial charge is 0.338 e. The van der Waals surface area contributed by atoms with Crippen molar-refractivity contribution < 1.29 is 14.3 Å². The molecule has 0 atom stereocenters. The molecule has 0 saturated carbocycles. The number of amides is 1. The van der Waals surface area contributed by atoms with Gasteiger partial charge in [0.05, 0.1) is 5.56 Å². The third-order valence-corrected chi connectivity index (χ3v) is 3.96. The van der Waals surface area contributed by atoms with Crippen molar-refractivity contribution in [1.29, 1.82) is 0 Å². The molecule has 4 nitrogen and oxygen atoms in total. The lowest BCUT2D eigenvalue weighted by Crippen LogP contribution is -2.10. The number of hydrogen-bond donors (Lipinski definition) is 1. The van der Waals surface area contributed by atoms with Crippen molar-refractivity contribution in [2.75, 3.05) is 5.32 Å². The van der Waals surface area contributed by atoms with Crippen LogP contribution in [0, 0.1) is 0 Å². The Morgan fingerprint density at radius 1 is 0.920 bits per heavy atom. The van der Waals surface area contributed by atoms with Crippen LogP contribution in [-0.2, 0) is 16.1 Å². The topological polar surface area (TPSA) is 55.4 Å². The summed E-state index contributed by atoms with van der Waals surface area (Å²) in [6.07, 6.45) is 0.412. The maximum absolute atomic E-state index is 12.2. The predicted octanol–water partition coefficient (Wildman–Crippen LogP) is 4.55. The zero-order valence-electron chi connectivity index (χ0n) is 14.0. The van der Waals surface area contributed by atoms with Gasteiger partial charge in [0.2, 0.25) is 5.91 Å². The minimum Gasteiger partial charge on any atom is -0.457 e. The van der Waals surface area contributed by atoms with Gasteiger partial charge < -0.3 is 10.1 Å². The largest absolute Gasteiger partial charge is 0.457 e. The van der Waals surface area contributed by atoms with Crippen LogP contribution in [-0.4, -0.2) is 11.9 Å². The van der Waals surface area contributed by atoms with Gasteiger partial charge in [0.25, 0.3) is 0 Å². The number of carbonyl (C=O) groups is 2. The van der Waals surface area contributed by atoms with E-state index >= 15 is 0 Å². The molecule has 1 N–H and O–H groups in total. The highest BCUT2D eigenvalue weighted by atomic mass is 16.5. The van der Waals surface area contributed by atoms with Gasteiger partial charge in [-0.3, -0.25) is 4.79 Å². The molecule has 0 unspecified atom stereocenters. The molecular formula is C21H19NO3. The van der Waals surface area contributed by atoms with E-state index in [1.807, 2.05) is 42.5 Å². The van der Waals surface area contributed by atoms with Crippen molar-refractivity contribution in [2.45, 2.75) is 20.0 Å². The Morgan fingerprint density at radius 2 is 1.64 bits per heavy atom. The fourth-order valence-electron chi connectivity index (χ4n) is 2.58. The van der Waals surface area contributed by atoms with E-state index in [2.05, 4.69) is 5.32 Å². The first-order valence-electron chi connectivity index (χ1n) is 8.21. The Labute approximate surface area is 146 Å². The molecule has 4 heteroatoms. The average Bonchev–Trinajstić information content (AvgIpc) is 2.66. The quantitative estimate of drug-likeness (QED) is 0.697. The summed E-state index contributed by atoms with van der Waals surface area (Å²) in [4.78, 5) is 23.6. The van der Waals surface area contributed by atoms with Crippen LogP contribution in [0.1, 0.15) is 29.3 Å². The number of hydrogen-bond acceptors (Lipinski definition) is 3. The first-order valence-corrected chi connectivity index (χ1v) is 8.21. The van der Waals surface area contributed by atoms with Crippen molar-refractivity contribution in [2.24, 2.45) is 0 Å². The van der Waals surface area contributed by atoms with E-state index in [0.717, 1.165) is 16.3 Å². The van der Waals surface area contributed by atoms with Crippen molar-refractivity contribution in [3.63, 3.8) is 0 Å². The van der Waals surface area contributed by atoms with Gasteiger partial charge in [0.15, 0.2) is 0 Å². The molecule has 0 heterocycles. The van der Waals surface area contributed by atoms with Crippen molar-refractivity contribution >= 4 is 28.3 Å². The maximum Gasteiger partial charge on any atom is 0.338 e. The molecule has 0 radical (unpaired) electrons. The summed E-state index contributed by atoms with van der Waals surface area (Å²) in [6, 6.07) is 20.6. The minimum atomic E-state index is -0.388. The van der Waals surface area contributed by atoms with Crippen molar-refractivity contribution in [1.82, 2.24) is 0 Å². The molecule has 126 valence electrons. The standard InChI is InChI=1S/C21H19NO3/c1-2-20(23)22-18-12-10-16(11-13-18)21(24)25-14-17-8-5-7-15-6-3-4-9-19(15)17/h3-13H,2,14H2,1H3,(H,22,23). The molecule has 3 aromatic rings. The van der Waals surface area contributed by atoms with Gasteiger partial charge >= 0.3 is 5.97 Å². The zero-order chi connectivity index (χ0) is 17.6. The van der Waals surface area contributed by atoms with E-state index in [0.29, 0.717) is 17.7 Å². The first-order chi connectivity index (χ1) is 12.2. The van der Waals surface area contributed by atoms with Gasteiger partial charge in [0.1, 0.15) is 6.61 Å². The molecule has 3 aromatic carbocycles. The van der Waals surface area contributed by atoms with Crippen LogP contribution >= 0.6 is 0 Å². The monoisotopic (exact) mass is 333 g/mol. The zero-order valence-corrected chi connectivity index (χ0v) is 14.0. The lowest BCUT2D eigenvalue weighted by molar-refractivity contribution is -0.115. The number of benzene rings is 3. The van der Waals surface area contributed by atoms with E-state index in [9.17, 15) is 9.59 Å². The summed E-state index contributed by atoms with van der Waals surface area (Å²) in [7, 11) is 0. The van der Waals surface area contributed by atoms with Gasteiger partial charge in [0, 0.05) is 12.1 Å². The molecule has 0 aliphatic carbocycles. The number of anilines is 1. The lowest BCUT2D eigenvalue weighted by atomic mass is 10.1. The molecule has 0 aliphatic heterocycles. The Kier molecular flexibility index (Phi) is 5.09. The second kappa shape index (κ2) is 7.62. The molecule has 0 bridgehead atoms. The third-order valence-electron chi connectivity index (χ3n) is 3.96. The van der Waals surface area contributed by atoms with Gasteiger partial charge in [-0.1, -0.05) is 49.4 Å². The highest BCUT2D eigenvalue weighted by Crippen LogP contribution is 2.20. The van der Waals surface area contributed by atoms with Crippen LogP contribution in [0.5, 0.6) is 0 Å². The van der Waals surface area contributed by atoms with Crippen LogP contribution in [0.2, 0.25) is 0 Å². The fourth-order valence-corrected chi connectivity index (χ4v) is 2.58. The van der Waals surface area contributed by atoms with E-state index in [1.54, 1.807) is 31.2 Å².